The van der Waals surface area contributed by atoms with Crippen LogP contribution in [0.25, 0.3) is 11.5 Å². The van der Waals surface area contributed by atoms with Gasteiger partial charge in [0.2, 0.25) is 11.8 Å². The van der Waals surface area contributed by atoms with Crippen molar-refractivity contribution in [2.24, 2.45) is 0 Å². The first kappa shape index (κ1) is 19.0. The topological polar surface area (TPSA) is 77.2 Å². The van der Waals surface area contributed by atoms with E-state index >= 15 is 0 Å². The molecule has 1 aromatic heterocycles. The van der Waals surface area contributed by atoms with Gasteiger partial charge < -0.3 is 14.5 Å². The van der Waals surface area contributed by atoms with Crippen LogP contribution in [0.3, 0.4) is 0 Å². The lowest BCUT2D eigenvalue weighted by Gasteiger charge is -2.07. The van der Waals surface area contributed by atoms with Crippen molar-refractivity contribution in [2.75, 3.05) is 18.9 Å². The highest BCUT2D eigenvalue weighted by atomic mass is 32.2. The van der Waals surface area contributed by atoms with Crippen LogP contribution in [0, 0.1) is 13.8 Å². The second-order valence-electron chi connectivity index (χ2n) is 6.04. The van der Waals surface area contributed by atoms with E-state index in [2.05, 4.69) is 15.5 Å². The molecule has 0 spiro atoms. The van der Waals surface area contributed by atoms with E-state index in [0.29, 0.717) is 24.3 Å². The summed E-state index contributed by atoms with van der Waals surface area (Å²) in [6.45, 7) is 4.88. The van der Waals surface area contributed by atoms with E-state index in [1.165, 1.54) is 11.8 Å². The first-order valence-electron chi connectivity index (χ1n) is 8.60. The van der Waals surface area contributed by atoms with Crippen molar-refractivity contribution in [1.29, 1.82) is 0 Å². The van der Waals surface area contributed by atoms with Gasteiger partial charge in [-0.25, -0.2) is 0 Å². The summed E-state index contributed by atoms with van der Waals surface area (Å²) >= 11 is 1.21. The summed E-state index contributed by atoms with van der Waals surface area (Å²) in [6.07, 6.45) is 0. The highest BCUT2D eigenvalue weighted by molar-refractivity contribution is 7.99. The van der Waals surface area contributed by atoms with Crippen LogP contribution in [-0.2, 0) is 4.79 Å². The molecule has 27 heavy (non-hydrogen) atoms. The molecular formula is C20H21N3O3S. The maximum atomic E-state index is 11.9. The normalized spacial score (nSPS) is 10.6. The fraction of sp³-hybridized carbons (Fsp3) is 0.250. The minimum atomic E-state index is -0.108. The van der Waals surface area contributed by atoms with E-state index in [-0.39, 0.29) is 11.7 Å². The number of carbonyl (C=O) groups is 1. The number of hydrogen-bond donors (Lipinski definition) is 1. The lowest BCUT2D eigenvalue weighted by molar-refractivity contribution is -0.118. The smallest absolute Gasteiger partial charge is 0.277 e. The minimum Gasteiger partial charge on any atom is -0.492 e. The Morgan fingerprint density at radius 1 is 1.11 bits per heavy atom. The van der Waals surface area contributed by atoms with Gasteiger partial charge in [-0.3, -0.25) is 4.79 Å². The number of nitrogens with zero attached hydrogens (tertiary/aromatic N) is 2. The third-order valence-electron chi connectivity index (χ3n) is 3.71. The van der Waals surface area contributed by atoms with Gasteiger partial charge >= 0.3 is 0 Å². The Balaban J connectivity index is 1.38. The SMILES string of the molecule is Cc1ccc(-c2nnc(SCC(=O)NCCOc3cccc(C)c3)o2)cc1. The minimum absolute atomic E-state index is 0.108. The number of aromatic nitrogens is 2. The van der Waals surface area contributed by atoms with Crippen molar-refractivity contribution in [3.05, 3.63) is 59.7 Å². The third-order valence-corrected chi connectivity index (χ3v) is 4.53. The zero-order valence-corrected chi connectivity index (χ0v) is 16.1. The molecule has 0 fully saturated rings. The Bertz CT molecular complexity index is 893. The van der Waals surface area contributed by atoms with Crippen LogP contribution in [0.4, 0.5) is 0 Å². The molecule has 2 aromatic carbocycles. The van der Waals surface area contributed by atoms with Crippen LogP contribution in [-0.4, -0.2) is 35.0 Å². The zero-order valence-electron chi connectivity index (χ0n) is 15.3. The van der Waals surface area contributed by atoms with Crippen molar-refractivity contribution in [3.8, 4) is 17.2 Å². The summed E-state index contributed by atoms with van der Waals surface area (Å²) in [5.41, 5.74) is 3.16. The number of hydrogen-bond acceptors (Lipinski definition) is 6. The lowest BCUT2D eigenvalue weighted by Crippen LogP contribution is -2.29. The molecule has 3 aromatic rings. The molecule has 1 N–H and O–H groups in total. The average Bonchev–Trinajstić information content (AvgIpc) is 3.13. The van der Waals surface area contributed by atoms with Gasteiger partial charge in [0.25, 0.3) is 5.22 Å². The number of aryl methyl sites for hydroxylation is 2. The average molecular weight is 383 g/mol. The second kappa shape index (κ2) is 9.23. The number of ether oxygens (including phenoxy) is 1. The first-order valence-corrected chi connectivity index (χ1v) is 9.58. The van der Waals surface area contributed by atoms with Crippen LogP contribution in [0.2, 0.25) is 0 Å². The summed E-state index contributed by atoms with van der Waals surface area (Å²) in [4.78, 5) is 11.9. The van der Waals surface area contributed by atoms with E-state index in [4.69, 9.17) is 9.15 Å². The quantitative estimate of drug-likeness (QED) is 0.473. The van der Waals surface area contributed by atoms with Gasteiger partial charge in [0.05, 0.1) is 12.3 Å². The zero-order chi connectivity index (χ0) is 19.1. The molecule has 0 atom stereocenters. The highest BCUT2D eigenvalue weighted by Crippen LogP contribution is 2.23. The molecule has 7 heteroatoms. The van der Waals surface area contributed by atoms with Crippen molar-refractivity contribution in [3.63, 3.8) is 0 Å². The van der Waals surface area contributed by atoms with E-state index in [1.54, 1.807) is 0 Å². The monoisotopic (exact) mass is 383 g/mol. The molecule has 0 aliphatic rings. The lowest BCUT2D eigenvalue weighted by atomic mass is 10.1. The summed E-state index contributed by atoms with van der Waals surface area (Å²) in [6, 6.07) is 15.6. The summed E-state index contributed by atoms with van der Waals surface area (Å²) in [5, 5.41) is 11.2. The molecule has 0 aliphatic heterocycles. The van der Waals surface area contributed by atoms with Gasteiger partial charge in [-0.05, 0) is 43.7 Å². The largest absolute Gasteiger partial charge is 0.492 e. The molecule has 0 bridgehead atoms. The third kappa shape index (κ3) is 5.86. The first-order chi connectivity index (χ1) is 13.1. The van der Waals surface area contributed by atoms with Gasteiger partial charge in [0.1, 0.15) is 12.4 Å². The van der Waals surface area contributed by atoms with Gasteiger partial charge in [0, 0.05) is 5.56 Å². The van der Waals surface area contributed by atoms with Crippen LogP contribution in [0.5, 0.6) is 5.75 Å². The molecule has 6 nitrogen and oxygen atoms in total. The van der Waals surface area contributed by atoms with Crippen LogP contribution < -0.4 is 10.1 Å². The van der Waals surface area contributed by atoms with E-state index < -0.39 is 0 Å². The number of carbonyl (C=O) groups excluding carboxylic acids is 1. The summed E-state index contributed by atoms with van der Waals surface area (Å²) in [5.74, 6) is 1.35. The molecule has 0 aliphatic carbocycles. The Morgan fingerprint density at radius 3 is 2.70 bits per heavy atom. The number of benzene rings is 2. The molecule has 1 heterocycles. The molecule has 0 saturated heterocycles. The summed E-state index contributed by atoms with van der Waals surface area (Å²) < 4.78 is 11.2. The van der Waals surface area contributed by atoms with E-state index in [0.717, 1.165) is 22.4 Å². The van der Waals surface area contributed by atoms with E-state index in [9.17, 15) is 4.79 Å². The Hall–Kier alpha value is -2.80. The van der Waals surface area contributed by atoms with Gasteiger partial charge in [-0.15, -0.1) is 10.2 Å². The Morgan fingerprint density at radius 2 is 1.93 bits per heavy atom. The second-order valence-corrected chi connectivity index (χ2v) is 6.97. The van der Waals surface area contributed by atoms with Crippen molar-refractivity contribution in [2.45, 2.75) is 19.1 Å². The molecule has 0 radical (unpaired) electrons. The van der Waals surface area contributed by atoms with Gasteiger partial charge in [-0.1, -0.05) is 41.6 Å². The standard InChI is InChI=1S/C20H21N3O3S/c1-14-6-8-16(9-7-14)19-22-23-20(26-19)27-13-18(24)21-10-11-25-17-5-3-4-15(2)12-17/h3-9,12H,10-11,13H2,1-2H3,(H,21,24). The van der Waals surface area contributed by atoms with Gasteiger partial charge in [-0.2, -0.15) is 0 Å². The van der Waals surface area contributed by atoms with Crippen molar-refractivity contribution in [1.82, 2.24) is 15.5 Å². The number of rotatable bonds is 8. The molecule has 0 saturated carbocycles. The fourth-order valence-corrected chi connectivity index (χ4v) is 2.92. The number of nitrogens with one attached hydrogen (secondary N) is 1. The molecule has 0 unspecified atom stereocenters. The molecule has 140 valence electrons. The van der Waals surface area contributed by atoms with Crippen LogP contribution in [0.15, 0.2) is 58.2 Å². The Kier molecular flexibility index (Phi) is 6.49. The van der Waals surface area contributed by atoms with Crippen LogP contribution >= 0.6 is 11.8 Å². The van der Waals surface area contributed by atoms with Crippen molar-refractivity contribution < 1.29 is 13.9 Å². The number of amides is 1. The molecule has 1 amide bonds. The predicted octanol–water partition coefficient (Wildman–Crippen LogP) is 3.64. The van der Waals surface area contributed by atoms with Crippen molar-refractivity contribution >= 4 is 17.7 Å². The maximum Gasteiger partial charge on any atom is 0.277 e. The van der Waals surface area contributed by atoms with Gasteiger partial charge in [0.15, 0.2) is 0 Å². The molecule has 3 rings (SSSR count). The van der Waals surface area contributed by atoms with Crippen LogP contribution in [0.1, 0.15) is 11.1 Å². The van der Waals surface area contributed by atoms with E-state index in [1.807, 2.05) is 62.4 Å². The fourth-order valence-electron chi connectivity index (χ4n) is 2.32. The summed E-state index contributed by atoms with van der Waals surface area (Å²) in [7, 11) is 0. The molecular weight excluding hydrogens is 362 g/mol. The Labute approximate surface area is 162 Å². The predicted molar refractivity (Wildman–Crippen MR) is 105 cm³/mol. The number of thioether (sulfide) groups is 1. The highest BCUT2D eigenvalue weighted by Gasteiger charge is 2.11. The maximum absolute atomic E-state index is 11.9.